The second-order valence-electron chi connectivity index (χ2n) is 6.45. The summed E-state index contributed by atoms with van der Waals surface area (Å²) in [5, 5.41) is 9.21. The van der Waals surface area contributed by atoms with Gasteiger partial charge < -0.3 is 19.4 Å². The van der Waals surface area contributed by atoms with Crippen LogP contribution in [0.3, 0.4) is 0 Å². The molecule has 8 nitrogen and oxygen atoms in total. The maximum Gasteiger partial charge on any atom is 0.441 e. The average Bonchev–Trinajstić information content (AvgIpc) is 2.59. The molecule has 0 unspecified atom stereocenters. The highest BCUT2D eigenvalue weighted by Crippen LogP contribution is 2.16. The van der Waals surface area contributed by atoms with E-state index in [0.29, 0.717) is 0 Å². The van der Waals surface area contributed by atoms with Crippen molar-refractivity contribution in [3.8, 4) is 11.5 Å². The molecule has 1 amide bonds. The molecule has 0 heterocycles. The highest BCUT2D eigenvalue weighted by Gasteiger charge is 2.18. The van der Waals surface area contributed by atoms with E-state index in [0.717, 1.165) is 0 Å². The van der Waals surface area contributed by atoms with Gasteiger partial charge in [0.15, 0.2) is 0 Å². The number of ether oxygens (including phenoxy) is 2. The molecule has 0 bridgehead atoms. The molecule has 27 heavy (non-hydrogen) atoms. The molecule has 0 aliphatic rings. The molecular weight excluding hydrogens is 354 g/mol. The predicted octanol–water partition coefficient (Wildman–Crippen LogP) is 3.21. The third-order valence-corrected chi connectivity index (χ3v) is 3.03. The molecule has 2 aromatic carbocycles. The molecule has 2 N–H and O–H groups in total. The number of phenols is 1. The fraction of sp³-hybridized carbons (Fsp3) is 0.211. The number of phenolic OH excluding ortho intramolecular Hbond substituents is 1. The Morgan fingerprint density at radius 1 is 0.852 bits per heavy atom. The van der Waals surface area contributed by atoms with Crippen molar-refractivity contribution >= 4 is 18.0 Å². The van der Waals surface area contributed by atoms with Crippen molar-refractivity contribution in [2.75, 3.05) is 0 Å². The average molecular weight is 373 g/mol. The number of rotatable bonds is 3. The molecule has 2 rings (SSSR count). The molecule has 0 saturated heterocycles. The van der Waals surface area contributed by atoms with Gasteiger partial charge in [-0.3, -0.25) is 0 Å². The first kappa shape index (κ1) is 19.8. The van der Waals surface area contributed by atoms with Crippen molar-refractivity contribution in [3.05, 3.63) is 59.7 Å². The van der Waals surface area contributed by atoms with E-state index in [1.54, 1.807) is 20.8 Å². The van der Waals surface area contributed by atoms with Gasteiger partial charge in [-0.25, -0.2) is 14.4 Å². The van der Waals surface area contributed by atoms with Crippen molar-refractivity contribution in [2.24, 2.45) is 0 Å². The topological polar surface area (TPSA) is 111 Å². The van der Waals surface area contributed by atoms with Crippen LogP contribution in [0.25, 0.3) is 0 Å². The van der Waals surface area contributed by atoms with Gasteiger partial charge in [0, 0.05) is 0 Å². The molecule has 0 aromatic heterocycles. The number of carbonyl (C=O) groups is 3. The van der Waals surface area contributed by atoms with Gasteiger partial charge in [0.05, 0.1) is 11.1 Å². The number of hydroxylamine groups is 1. The summed E-state index contributed by atoms with van der Waals surface area (Å²) in [6.45, 7) is 5.02. The Hall–Kier alpha value is -3.55. The summed E-state index contributed by atoms with van der Waals surface area (Å²) >= 11 is 0. The van der Waals surface area contributed by atoms with E-state index in [1.165, 1.54) is 48.5 Å². The SMILES string of the molecule is CC(C)(C)OC(=O)NOC(=O)c1ccc(OC(=O)c2ccc(O)cc2)cc1. The van der Waals surface area contributed by atoms with Crippen molar-refractivity contribution < 1.29 is 33.8 Å². The van der Waals surface area contributed by atoms with Gasteiger partial charge in [0.25, 0.3) is 0 Å². The summed E-state index contributed by atoms with van der Waals surface area (Å²) in [7, 11) is 0. The molecule has 0 aliphatic heterocycles. The molecule has 0 atom stereocenters. The first-order valence-electron chi connectivity index (χ1n) is 7.95. The van der Waals surface area contributed by atoms with Gasteiger partial charge in [0.1, 0.15) is 17.1 Å². The summed E-state index contributed by atoms with van der Waals surface area (Å²) in [4.78, 5) is 39.9. The molecule has 0 radical (unpaired) electrons. The second-order valence-corrected chi connectivity index (χ2v) is 6.45. The smallest absolute Gasteiger partial charge is 0.441 e. The van der Waals surface area contributed by atoms with Crippen LogP contribution in [0, 0.1) is 0 Å². The largest absolute Gasteiger partial charge is 0.508 e. The summed E-state index contributed by atoms with van der Waals surface area (Å²) < 4.78 is 10.1. The summed E-state index contributed by atoms with van der Waals surface area (Å²) in [6.07, 6.45) is -0.893. The lowest BCUT2D eigenvalue weighted by Crippen LogP contribution is -2.34. The lowest BCUT2D eigenvalue weighted by Gasteiger charge is -2.19. The molecule has 0 saturated carbocycles. The number of hydrogen-bond donors (Lipinski definition) is 2. The number of esters is 1. The standard InChI is InChI=1S/C19H19NO7/c1-19(2,3)26-18(24)20-27-17(23)13-6-10-15(11-7-13)25-16(22)12-4-8-14(21)9-5-12/h4-11,21H,1-3H3,(H,20,24). The van der Waals surface area contributed by atoms with Crippen LogP contribution in [0.15, 0.2) is 48.5 Å². The number of aromatic hydroxyl groups is 1. The van der Waals surface area contributed by atoms with E-state index in [4.69, 9.17) is 9.47 Å². The Morgan fingerprint density at radius 3 is 1.93 bits per heavy atom. The third kappa shape index (κ3) is 6.35. The number of benzene rings is 2. The maximum atomic E-state index is 12.0. The molecule has 0 fully saturated rings. The fourth-order valence-corrected chi connectivity index (χ4v) is 1.87. The number of nitrogens with one attached hydrogen (secondary N) is 1. The highest BCUT2D eigenvalue weighted by molar-refractivity contribution is 5.92. The third-order valence-electron chi connectivity index (χ3n) is 3.03. The van der Waals surface area contributed by atoms with Crippen LogP contribution in [-0.4, -0.2) is 28.7 Å². The van der Waals surface area contributed by atoms with Crippen molar-refractivity contribution in [2.45, 2.75) is 26.4 Å². The zero-order valence-corrected chi connectivity index (χ0v) is 15.0. The van der Waals surface area contributed by atoms with Gasteiger partial charge in [-0.15, -0.1) is 5.48 Å². The zero-order chi connectivity index (χ0) is 20.0. The van der Waals surface area contributed by atoms with Gasteiger partial charge in [0.2, 0.25) is 0 Å². The van der Waals surface area contributed by atoms with Crippen molar-refractivity contribution in [1.82, 2.24) is 5.48 Å². The number of amides is 1. The summed E-state index contributed by atoms with van der Waals surface area (Å²) in [5.74, 6) is -1.17. The number of carbonyl (C=O) groups excluding carboxylic acids is 3. The minimum atomic E-state index is -0.893. The monoisotopic (exact) mass is 373 g/mol. The molecule has 8 heteroatoms. The van der Waals surface area contributed by atoms with Crippen LogP contribution in [0.5, 0.6) is 11.5 Å². The highest BCUT2D eigenvalue weighted by atomic mass is 16.7. The lowest BCUT2D eigenvalue weighted by atomic mass is 10.2. The Balaban J connectivity index is 1.90. The first-order chi connectivity index (χ1) is 12.6. The molecule has 0 aliphatic carbocycles. The minimum absolute atomic E-state index is 0.0365. The van der Waals surface area contributed by atoms with Crippen LogP contribution < -0.4 is 10.2 Å². The maximum absolute atomic E-state index is 12.0. The van der Waals surface area contributed by atoms with E-state index < -0.39 is 23.6 Å². The van der Waals surface area contributed by atoms with Gasteiger partial charge in [-0.2, -0.15) is 0 Å². The molecule has 142 valence electrons. The van der Waals surface area contributed by atoms with Crippen LogP contribution in [0.2, 0.25) is 0 Å². The predicted molar refractivity (Wildman–Crippen MR) is 94.3 cm³/mol. The number of hydrogen-bond acceptors (Lipinski definition) is 7. The van der Waals surface area contributed by atoms with E-state index >= 15 is 0 Å². The quantitative estimate of drug-likeness (QED) is 0.483. The Labute approximate surface area is 155 Å². The van der Waals surface area contributed by atoms with E-state index in [9.17, 15) is 19.5 Å². The van der Waals surface area contributed by atoms with Crippen LogP contribution in [0.4, 0.5) is 4.79 Å². The molecular formula is C19H19NO7. The molecule has 0 spiro atoms. The summed E-state index contributed by atoms with van der Waals surface area (Å²) in [6, 6.07) is 11.1. The van der Waals surface area contributed by atoms with E-state index in [-0.39, 0.29) is 22.6 Å². The van der Waals surface area contributed by atoms with E-state index in [1.807, 2.05) is 5.48 Å². The summed E-state index contributed by atoms with van der Waals surface area (Å²) in [5.41, 5.74) is 1.57. The zero-order valence-electron chi connectivity index (χ0n) is 15.0. The van der Waals surface area contributed by atoms with Crippen LogP contribution in [-0.2, 0) is 9.57 Å². The first-order valence-corrected chi connectivity index (χ1v) is 7.95. The van der Waals surface area contributed by atoms with Crippen LogP contribution >= 0.6 is 0 Å². The van der Waals surface area contributed by atoms with Gasteiger partial charge in [-0.05, 0) is 69.3 Å². The van der Waals surface area contributed by atoms with Crippen LogP contribution in [0.1, 0.15) is 41.5 Å². The van der Waals surface area contributed by atoms with E-state index in [2.05, 4.69) is 4.84 Å². The Morgan fingerprint density at radius 2 is 1.37 bits per heavy atom. The van der Waals surface area contributed by atoms with Gasteiger partial charge >= 0.3 is 18.0 Å². The van der Waals surface area contributed by atoms with Crippen molar-refractivity contribution in [3.63, 3.8) is 0 Å². The Bertz CT molecular complexity index is 821. The second kappa shape index (κ2) is 8.22. The molecule has 2 aromatic rings. The Kier molecular flexibility index (Phi) is 6.02. The fourth-order valence-electron chi connectivity index (χ4n) is 1.87. The normalized spacial score (nSPS) is 10.6. The van der Waals surface area contributed by atoms with Crippen molar-refractivity contribution in [1.29, 1.82) is 0 Å². The lowest BCUT2D eigenvalue weighted by molar-refractivity contribution is -0.00130. The van der Waals surface area contributed by atoms with Gasteiger partial charge in [-0.1, -0.05) is 0 Å². The minimum Gasteiger partial charge on any atom is -0.508 e.